The molecule has 0 spiro atoms. The molecule has 2 aromatic carbocycles. The van der Waals surface area contributed by atoms with Crippen LogP contribution in [0.5, 0.6) is 5.75 Å². The van der Waals surface area contributed by atoms with Gasteiger partial charge < -0.3 is 20.7 Å². The second-order valence-electron chi connectivity index (χ2n) is 6.76. The first-order chi connectivity index (χ1) is 13.7. The zero-order chi connectivity index (χ0) is 19.8. The number of ether oxygens (including phenoxy) is 1. The summed E-state index contributed by atoms with van der Waals surface area (Å²) >= 11 is 6.31. The van der Waals surface area contributed by atoms with Crippen LogP contribution in [0.15, 0.2) is 53.5 Å². The molecule has 0 aromatic heterocycles. The second kappa shape index (κ2) is 12.1. The predicted molar refractivity (Wildman–Crippen MR) is 133 cm³/mol. The van der Waals surface area contributed by atoms with Crippen molar-refractivity contribution in [1.29, 1.82) is 0 Å². The Labute approximate surface area is 195 Å². The van der Waals surface area contributed by atoms with Gasteiger partial charge in [-0.1, -0.05) is 29.8 Å². The number of aliphatic imine (C=N–C) groups is 1. The summed E-state index contributed by atoms with van der Waals surface area (Å²) in [5, 5.41) is 3.92. The van der Waals surface area contributed by atoms with Crippen LogP contribution in [0.2, 0.25) is 5.02 Å². The predicted octanol–water partition coefficient (Wildman–Crippen LogP) is 3.91. The van der Waals surface area contributed by atoms with Crippen molar-refractivity contribution < 1.29 is 4.74 Å². The fourth-order valence-electron chi connectivity index (χ4n) is 3.30. The van der Waals surface area contributed by atoms with Crippen LogP contribution in [0.3, 0.4) is 0 Å². The van der Waals surface area contributed by atoms with Gasteiger partial charge in [-0.15, -0.1) is 24.0 Å². The Hall–Kier alpha value is -1.71. The lowest BCUT2D eigenvalue weighted by Gasteiger charge is -2.36. The maximum Gasteiger partial charge on any atom is 0.193 e. The van der Waals surface area contributed by atoms with Gasteiger partial charge in [0, 0.05) is 51.0 Å². The fourth-order valence-corrected chi connectivity index (χ4v) is 3.56. The molecule has 8 heteroatoms. The third-order valence-corrected chi connectivity index (χ3v) is 5.14. The molecule has 0 saturated carbocycles. The van der Waals surface area contributed by atoms with Gasteiger partial charge in [0.2, 0.25) is 0 Å². The lowest BCUT2D eigenvalue weighted by Crippen LogP contribution is -2.46. The van der Waals surface area contributed by atoms with Crippen LogP contribution in [0.1, 0.15) is 6.42 Å². The molecule has 2 aromatic rings. The number of nitrogens with zero attached hydrogens (tertiary/aromatic N) is 3. The Kier molecular flexibility index (Phi) is 9.83. The highest BCUT2D eigenvalue weighted by Gasteiger charge is 2.18. The van der Waals surface area contributed by atoms with Crippen molar-refractivity contribution in [2.24, 2.45) is 10.7 Å². The summed E-state index contributed by atoms with van der Waals surface area (Å²) in [6.07, 6.45) is 0.979. The molecule has 3 N–H and O–H groups in total. The maximum atomic E-state index is 6.31. The Bertz CT molecular complexity index is 796. The monoisotopic (exact) mass is 529 g/mol. The van der Waals surface area contributed by atoms with Crippen molar-refractivity contribution in [3.63, 3.8) is 0 Å². The average Bonchev–Trinajstić information content (AvgIpc) is 2.72. The summed E-state index contributed by atoms with van der Waals surface area (Å²) in [4.78, 5) is 9.24. The summed E-state index contributed by atoms with van der Waals surface area (Å²) < 4.78 is 5.21. The Morgan fingerprint density at radius 3 is 2.62 bits per heavy atom. The number of anilines is 2. The maximum absolute atomic E-state index is 6.31. The van der Waals surface area contributed by atoms with Gasteiger partial charge in [-0.05, 0) is 30.7 Å². The van der Waals surface area contributed by atoms with Crippen LogP contribution in [0, 0.1) is 0 Å². The Morgan fingerprint density at radius 2 is 1.90 bits per heavy atom. The number of nitrogens with one attached hydrogen (secondary N) is 1. The number of guanidine groups is 1. The number of rotatable bonds is 7. The molecule has 29 heavy (non-hydrogen) atoms. The lowest BCUT2D eigenvalue weighted by atomic mass is 10.2. The summed E-state index contributed by atoms with van der Waals surface area (Å²) in [5.41, 5.74) is 7.98. The minimum atomic E-state index is 0. The van der Waals surface area contributed by atoms with E-state index >= 15 is 0 Å². The minimum Gasteiger partial charge on any atom is -0.497 e. The number of hydrogen-bond donors (Lipinski definition) is 2. The molecular formula is C21H29ClIN5O. The van der Waals surface area contributed by atoms with Gasteiger partial charge in [0.05, 0.1) is 17.8 Å². The minimum absolute atomic E-state index is 0. The van der Waals surface area contributed by atoms with E-state index < -0.39 is 0 Å². The van der Waals surface area contributed by atoms with E-state index in [2.05, 4.69) is 26.2 Å². The fraction of sp³-hybridized carbons (Fsp3) is 0.381. The highest BCUT2D eigenvalue weighted by Crippen LogP contribution is 2.26. The van der Waals surface area contributed by atoms with Gasteiger partial charge in [-0.2, -0.15) is 0 Å². The van der Waals surface area contributed by atoms with Crippen molar-refractivity contribution in [1.82, 2.24) is 4.90 Å². The molecule has 0 amide bonds. The van der Waals surface area contributed by atoms with Crippen molar-refractivity contribution in [2.75, 3.05) is 56.6 Å². The highest BCUT2D eigenvalue weighted by atomic mass is 127. The zero-order valence-corrected chi connectivity index (χ0v) is 19.8. The van der Waals surface area contributed by atoms with Crippen LogP contribution in [-0.2, 0) is 0 Å². The molecule has 158 valence electrons. The van der Waals surface area contributed by atoms with E-state index in [4.69, 9.17) is 22.1 Å². The molecule has 1 heterocycles. The van der Waals surface area contributed by atoms with Crippen LogP contribution in [-0.4, -0.2) is 57.2 Å². The first-order valence-corrected chi connectivity index (χ1v) is 9.96. The number of methoxy groups -OCH3 is 1. The highest BCUT2D eigenvalue weighted by molar-refractivity contribution is 14.0. The number of para-hydroxylation sites is 1. The molecule has 1 fully saturated rings. The number of piperazine rings is 1. The van der Waals surface area contributed by atoms with Crippen LogP contribution < -0.4 is 20.7 Å². The normalized spacial score (nSPS) is 15.0. The van der Waals surface area contributed by atoms with Crippen molar-refractivity contribution in [2.45, 2.75) is 6.42 Å². The van der Waals surface area contributed by atoms with Gasteiger partial charge in [-0.25, -0.2) is 0 Å². The second-order valence-corrected chi connectivity index (χ2v) is 7.16. The number of hydrogen-bond acceptors (Lipinski definition) is 4. The summed E-state index contributed by atoms with van der Waals surface area (Å²) in [6.45, 7) is 5.78. The van der Waals surface area contributed by atoms with Crippen molar-refractivity contribution in [3.8, 4) is 5.75 Å². The zero-order valence-electron chi connectivity index (χ0n) is 16.7. The van der Waals surface area contributed by atoms with Crippen molar-refractivity contribution >= 4 is 52.9 Å². The van der Waals surface area contributed by atoms with Gasteiger partial charge in [0.1, 0.15) is 5.75 Å². The Morgan fingerprint density at radius 1 is 1.14 bits per heavy atom. The van der Waals surface area contributed by atoms with E-state index in [9.17, 15) is 0 Å². The first-order valence-electron chi connectivity index (χ1n) is 9.58. The Balaban J connectivity index is 0.00000300. The van der Waals surface area contributed by atoms with Crippen LogP contribution in [0.4, 0.5) is 11.4 Å². The van der Waals surface area contributed by atoms with E-state index in [1.807, 2.05) is 42.5 Å². The molecule has 0 unspecified atom stereocenters. The topological polar surface area (TPSA) is 66.1 Å². The van der Waals surface area contributed by atoms with Gasteiger partial charge in [0.15, 0.2) is 5.96 Å². The third-order valence-electron chi connectivity index (χ3n) is 4.82. The van der Waals surface area contributed by atoms with Crippen molar-refractivity contribution in [3.05, 3.63) is 53.6 Å². The quantitative estimate of drug-likeness (QED) is 0.246. The van der Waals surface area contributed by atoms with Crippen LogP contribution in [0.25, 0.3) is 0 Å². The van der Waals surface area contributed by atoms with Gasteiger partial charge >= 0.3 is 0 Å². The molecule has 1 aliphatic rings. The number of halogens is 2. The lowest BCUT2D eigenvalue weighted by molar-refractivity contribution is 0.256. The molecule has 0 radical (unpaired) electrons. The van der Waals surface area contributed by atoms with Gasteiger partial charge in [0.25, 0.3) is 0 Å². The van der Waals surface area contributed by atoms with E-state index in [1.165, 1.54) is 0 Å². The average molecular weight is 530 g/mol. The molecule has 0 aliphatic carbocycles. The van der Waals surface area contributed by atoms with Crippen LogP contribution >= 0.6 is 35.6 Å². The number of nitrogens with two attached hydrogens (primary N) is 1. The smallest absolute Gasteiger partial charge is 0.193 e. The molecule has 1 saturated heterocycles. The third kappa shape index (κ3) is 7.24. The summed E-state index contributed by atoms with van der Waals surface area (Å²) in [6, 6.07) is 15.7. The van der Waals surface area contributed by atoms with E-state index in [0.717, 1.165) is 61.3 Å². The largest absolute Gasteiger partial charge is 0.497 e. The summed E-state index contributed by atoms with van der Waals surface area (Å²) in [7, 11) is 1.64. The SMILES string of the molecule is COc1cccc(NC(N)=NCCCN2CCN(c3ccccc3Cl)CC2)c1.I. The molecular weight excluding hydrogens is 501 g/mol. The number of benzene rings is 2. The van der Waals surface area contributed by atoms with E-state index in [0.29, 0.717) is 12.5 Å². The molecule has 0 bridgehead atoms. The molecule has 6 nitrogen and oxygen atoms in total. The first kappa shape index (κ1) is 23.6. The molecule has 1 aliphatic heterocycles. The van der Waals surface area contributed by atoms with E-state index in [1.54, 1.807) is 7.11 Å². The molecule has 0 atom stereocenters. The van der Waals surface area contributed by atoms with Gasteiger partial charge in [-0.3, -0.25) is 9.89 Å². The standard InChI is InChI=1S/C21H28ClN5O.HI/c1-28-18-7-4-6-17(16-18)25-21(23)24-10-5-11-26-12-14-27(15-13-26)20-9-3-2-8-19(20)22;/h2-4,6-9,16H,5,10-15H2,1H3,(H3,23,24,25);1H. The molecule has 3 rings (SSSR count). The van der Waals surface area contributed by atoms with E-state index in [-0.39, 0.29) is 24.0 Å². The summed E-state index contributed by atoms with van der Waals surface area (Å²) in [5.74, 6) is 1.21.